The Labute approximate surface area is 192 Å². The fraction of sp³-hybridized carbons (Fsp3) is 0.560. The lowest BCUT2D eigenvalue weighted by Crippen LogP contribution is -2.49. The summed E-state index contributed by atoms with van der Waals surface area (Å²) < 4.78 is 1.83. The Bertz CT molecular complexity index is 853. The summed E-state index contributed by atoms with van der Waals surface area (Å²) in [7, 11) is 1.91. The van der Waals surface area contributed by atoms with Gasteiger partial charge in [-0.05, 0) is 55.2 Å². The van der Waals surface area contributed by atoms with E-state index in [1.165, 1.54) is 0 Å². The largest absolute Gasteiger partial charge is 0.355 e. The molecule has 2 unspecified atom stereocenters. The first-order valence-corrected chi connectivity index (χ1v) is 11.7. The van der Waals surface area contributed by atoms with Gasteiger partial charge >= 0.3 is 0 Å². The van der Waals surface area contributed by atoms with Crippen molar-refractivity contribution in [2.45, 2.75) is 72.0 Å². The van der Waals surface area contributed by atoms with Crippen LogP contribution in [0.3, 0.4) is 0 Å². The maximum atomic E-state index is 12.0. The van der Waals surface area contributed by atoms with Crippen LogP contribution in [0, 0.1) is 5.41 Å². The second kappa shape index (κ2) is 11.8. The highest BCUT2D eigenvalue weighted by Crippen LogP contribution is 2.48. The Morgan fingerprint density at radius 2 is 1.94 bits per heavy atom. The van der Waals surface area contributed by atoms with Crippen molar-refractivity contribution >= 4 is 12.3 Å². The second-order valence-electron chi connectivity index (χ2n) is 8.69. The highest BCUT2D eigenvalue weighted by Gasteiger charge is 2.48. The highest BCUT2D eigenvalue weighted by molar-refractivity contribution is 5.83. The third-order valence-electron chi connectivity index (χ3n) is 6.35. The van der Waals surface area contributed by atoms with Crippen LogP contribution in [0.15, 0.2) is 36.5 Å². The molecule has 1 aromatic heterocycles. The van der Waals surface area contributed by atoms with Gasteiger partial charge in [-0.3, -0.25) is 14.3 Å². The zero-order valence-corrected chi connectivity index (χ0v) is 20.2. The third kappa shape index (κ3) is 6.42. The minimum absolute atomic E-state index is 0.111. The maximum Gasteiger partial charge on any atom is 0.240 e. The molecule has 2 amide bonds. The van der Waals surface area contributed by atoms with E-state index >= 15 is 0 Å². The molecule has 1 saturated heterocycles. The molecule has 0 bridgehead atoms. The standard InChI is InChI=1S/C12H13N3O.C11H20N2O.C2H6/c1-15-12(6-7-14-15)11-4-2-10(3-5-11)8-13-9-16;1-8-4-3-7-13(8)10(14)9(12)11(2)5-6-11;1-2/h2-7,9H,8H2,1H3,(H,13,16);8-9H,3-7,12H2,1-2H3;1-2H3. The predicted molar refractivity (Wildman–Crippen MR) is 129 cm³/mol. The number of hydrogen-bond donors (Lipinski definition) is 2. The Balaban J connectivity index is 0.000000212. The Morgan fingerprint density at radius 3 is 2.41 bits per heavy atom. The molecule has 2 aliphatic rings. The van der Waals surface area contributed by atoms with Gasteiger partial charge in [0.05, 0.1) is 11.7 Å². The average molecular weight is 442 g/mol. The topological polar surface area (TPSA) is 93.2 Å². The van der Waals surface area contributed by atoms with Gasteiger partial charge in [-0.15, -0.1) is 0 Å². The number of carbonyl (C=O) groups excluding carboxylic acids is 2. The lowest BCUT2D eigenvalue weighted by Gasteiger charge is -2.27. The number of amides is 2. The quantitative estimate of drug-likeness (QED) is 0.671. The van der Waals surface area contributed by atoms with Crippen molar-refractivity contribution in [1.29, 1.82) is 0 Å². The van der Waals surface area contributed by atoms with Gasteiger partial charge in [0.1, 0.15) is 0 Å². The van der Waals surface area contributed by atoms with E-state index in [1.54, 1.807) is 6.20 Å². The number of likely N-dealkylation sites (tertiary alicyclic amines) is 1. The van der Waals surface area contributed by atoms with Crippen LogP contribution in [-0.2, 0) is 23.2 Å². The molecule has 1 saturated carbocycles. The molecule has 32 heavy (non-hydrogen) atoms. The highest BCUT2D eigenvalue weighted by atomic mass is 16.2. The molecule has 7 heteroatoms. The van der Waals surface area contributed by atoms with Crippen molar-refractivity contribution in [3.8, 4) is 11.3 Å². The van der Waals surface area contributed by atoms with Crippen LogP contribution >= 0.6 is 0 Å². The zero-order chi connectivity index (χ0) is 23.7. The van der Waals surface area contributed by atoms with Crippen LogP contribution < -0.4 is 11.1 Å². The van der Waals surface area contributed by atoms with Crippen molar-refractivity contribution in [3.63, 3.8) is 0 Å². The molecule has 7 nitrogen and oxygen atoms in total. The second-order valence-corrected chi connectivity index (χ2v) is 8.69. The molecule has 1 aliphatic carbocycles. The predicted octanol–water partition coefficient (Wildman–Crippen LogP) is 3.48. The van der Waals surface area contributed by atoms with Crippen LogP contribution in [0.2, 0.25) is 0 Å². The van der Waals surface area contributed by atoms with Gasteiger partial charge in [-0.25, -0.2) is 0 Å². The number of nitrogens with two attached hydrogens (primary N) is 1. The number of aromatic nitrogens is 2. The summed E-state index contributed by atoms with van der Waals surface area (Å²) in [5.41, 5.74) is 9.40. The van der Waals surface area contributed by atoms with Gasteiger partial charge in [-0.2, -0.15) is 5.10 Å². The molecule has 4 rings (SSSR count). The molecule has 1 aliphatic heterocycles. The third-order valence-corrected chi connectivity index (χ3v) is 6.35. The lowest BCUT2D eigenvalue weighted by molar-refractivity contribution is -0.134. The fourth-order valence-corrected chi connectivity index (χ4v) is 3.86. The fourth-order valence-electron chi connectivity index (χ4n) is 3.86. The number of rotatable bonds is 6. The van der Waals surface area contributed by atoms with Gasteiger partial charge in [-0.1, -0.05) is 45.0 Å². The number of aryl methyl sites for hydroxylation is 1. The maximum absolute atomic E-state index is 12.0. The van der Waals surface area contributed by atoms with Crippen molar-refractivity contribution < 1.29 is 9.59 Å². The Kier molecular flexibility index (Phi) is 9.44. The summed E-state index contributed by atoms with van der Waals surface area (Å²) in [4.78, 5) is 24.2. The first-order valence-electron chi connectivity index (χ1n) is 11.7. The van der Waals surface area contributed by atoms with Gasteiger partial charge in [0, 0.05) is 32.4 Å². The van der Waals surface area contributed by atoms with Crippen LogP contribution in [0.1, 0.15) is 58.9 Å². The Hall–Kier alpha value is -2.67. The first kappa shape index (κ1) is 25.6. The SMILES string of the molecule is CC.CC1CCCN1C(=O)C(N)C1(C)CC1.Cn1nccc1-c1ccc(CNC=O)cc1. The molecule has 0 spiro atoms. The summed E-state index contributed by atoms with van der Waals surface area (Å²) in [6, 6.07) is 10.2. The van der Waals surface area contributed by atoms with Crippen LogP contribution in [-0.4, -0.2) is 45.6 Å². The number of benzene rings is 1. The number of carbonyl (C=O) groups is 2. The molecule has 176 valence electrons. The zero-order valence-electron chi connectivity index (χ0n) is 20.2. The first-order chi connectivity index (χ1) is 15.4. The lowest BCUT2D eigenvalue weighted by atomic mass is 9.98. The number of nitrogens with one attached hydrogen (secondary N) is 1. The summed E-state index contributed by atoms with van der Waals surface area (Å²) in [5, 5.41) is 6.76. The van der Waals surface area contributed by atoms with E-state index in [0.717, 1.165) is 49.0 Å². The van der Waals surface area contributed by atoms with Gasteiger partial charge in [0.2, 0.25) is 12.3 Å². The molecule has 1 aromatic carbocycles. The monoisotopic (exact) mass is 441 g/mol. The van der Waals surface area contributed by atoms with E-state index in [0.29, 0.717) is 19.0 Å². The minimum Gasteiger partial charge on any atom is -0.355 e. The van der Waals surface area contributed by atoms with E-state index in [9.17, 15) is 9.59 Å². The van der Waals surface area contributed by atoms with Crippen LogP contribution in [0.4, 0.5) is 0 Å². The summed E-state index contributed by atoms with van der Waals surface area (Å²) in [6.07, 6.45) is 6.97. The van der Waals surface area contributed by atoms with Gasteiger partial charge in [0.25, 0.3) is 0 Å². The molecule has 2 atom stereocenters. The van der Waals surface area contributed by atoms with Crippen LogP contribution in [0.5, 0.6) is 0 Å². The van der Waals surface area contributed by atoms with Gasteiger partial charge in [0.15, 0.2) is 0 Å². The summed E-state index contributed by atoms with van der Waals surface area (Å²) >= 11 is 0. The van der Waals surface area contributed by atoms with Crippen molar-refractivity contribution in [1.82, 2.24) is 20.0 Å². The summed E-state index contributed by atoms with van der Waals surface area (Å²) in [5.74, 6) is 0.176. The summed E-state index contributed by atoms with van der Waals surface area (Å²) in [6.45, 7) is 9.71. The van der Waals surface area contributed by atoms with E-state index in [2.05, 4.69) is 24.3 Å². The molecule has 2 aromatic rings. The van der Waals surface area contributed by atoms with Crippen LogP contribution in [0.25, 0.3) is 11.3 Å². The molecule has 0 radical (unpaired) electrons. The number of nitrogens with zero attached hydrogens (tertiary/aromatic N) is 3. The smallest absolute Gasteiger partial charge is 0.240 e. The molecular weight excluding hydrogens is 402 g/mol. The van der Waals surface area contributed by atoms with E-state index in [4.69, 9.17) is 5.73 Å². The van der Waals surface area contributed by atoms with E-state index in [1.807, 2.05) is 60.8 Å². The number of hydrogen-bond acceptors (Lipinski definition) is 4. The molecule has 3 N–H and O–H groups in total. The van der Waals surface area contributed by atoms with Gasteiger partial charge < -0.3 is 16.0 Å². The van der Waals surface area contributed by atoms with Crippen molar-refractivity contribution in [3.05, 3.63) is 42.1 Å². The average Bonchev–Trinajstić information content (AvgIpc) is 3.19. The van der Waals surface area contributed by atoms with Crippen molar-refractivity contribution in [2.75, 3.05) is 6.54 Å². The minimum atomic E-state index is -0.261. The molecular formula is C25H39N5O2. The molecule has 2 heterocycles. The van der Waals surface area contributed by atoms with Crippen molar-refractivity contribution in [2.24, 2.45) is 18.2 Å². The normalized spacial score (nSPS) is 19.1. The molecule has 2 fully saturated rings. The van der Waals surface area contributed by atoms with E-state index in [-0.39, 0.29) is 17.4 Å². The van der Waals surface area contributed by atoms with E-state index < -0.39 is 0 Å². The Morgan fingerprint density at radius 1 is 1.28 bits per heavy atom.